The Kier molecular flexibility index (Phi) is 8.71. The number of hydrogen-bond acceptors (Lipinski definition) is 3. The quantitative estimate of drug-likeness (QED) is 0.310. The van der Waals surface area contributed by atoms with E-state index < -0.39 is 0 Å². The molecule has 1 aromatic carbocycles. The fourth-order valence-electron chi connectivity index (χ4n) is 3.19. The molecule has 0 amide bonds. The Labute approximate surface area is 167 Å². The van der Waals surface area contributed by atoms with E-state index in [-0.39, 0.29) is 24.0 Å². The summed E-state index contributed by atoms with van der Waals surface area (Å²) in [7, 11) is 1.83. The van der Waals surface area contributed by atoms with E-state index in [1.165, 1.54) is 11.1 Å². The molecule has 0 atom stereocenters. The van der Waals surface area contributed by atoms with Gasteiger partial charge in [-0.15, -0.1) is 24.0 Å². The normalized spacial score (nSPS) is 18.8. The molecule has 0 spiro atoms. The van der Waals surface area contributed by atoms with Gasteiger partial charge in [-0.2, -0.15) is 0 Å². The van der Waals surface area contributed by atoms with Crippen molar-refractivity contribution in [2.75, 3.05) is 33.4 Å². The first-order chi connectivity index (χ1) is 11.8. The summed E-state index contributed by atoms with van der Waals surface area (Å²) in [6, 6.07) is 9.13. The number of nitrogens with one attached hydrogen (secondary N) is 2. The van der Waals surface area contributed by atoms with E-state index in [9.17, 15) is 0 Å². The van der Waals surface area contributed by atoms with Gasteiger partial charge in [0.15, 0.2) is 5.96 Å². The van der Waals surface area contributed by atoms with Crippen LogP contribution in [-0.2, 0) is 17.8 Å². The predicted molar refractivity (Wildman–Crippen MR) is 113 cm³/mol. The minimum absolute atomic E-state index is 0. The van der Waals surface area contributed by atoms with Gasteiger partial charge in [-0.3, -0.25) is 9.89 Å². The summed E-state index contributed by atoms with van der Waals surface area (Å²) in [5.74, 6) is 0.880. The molecule has 2 aliphatic rings. The number of rotatable bonds is 5. The number of morpholine rings is 1. The van der Waals surface area contributed by atoms with Gasteiger partial charge in [0.05, 0.1) is 13.2 Å². The van der Waals surface area contributed by atoms with Crippen LogP contribution in [0.2, 0.25) is 0 Å². The molecule has 1 heterocycles. The molecule has 3 rings (SSSR count). The lowest BCUT2D eigenvalue weighted by atomic mass is 10.1. The van der Waals surface area contributed by atoms with Gasteiger partial charge in [0.1, 0.15) is 0 Å². The zero-order valence-corrected chi connectivity index (χ0v) is 17.2. The molecular weight excluding hydrogens is 427 g/mol. The summed E-state index contributed by atoms with van der Waals surface area (Å²) in [4.78, 5) is 6.81. The van der Waals surface area contributed by atoms with E-state index in [1.54, 1.807) is 0 Å². The number of halogens is 1. The standard InChI is InChI=1S/C19H28N4O.HI/c1-20-19(22-18-8-4-5-9-18)21-14-16-6-2-3-7-17(16)15-23-10-12-24-13-11-23;/h2-7,18H,8-15H2,1H3,(H2,20,21,22);1H. The zero-order chi connectivity index (χ0) is 16.6. The van der Waals surface area contributed by atoms with Gasteiger partial charge in [0.25, 0.3) is 0 Å². The maximum atomic E-state index is 5.44. The lowest BCUT2D eigenvalue weighted by Crippen LogP contribution is -2.42. The highest BCUT2D eigenvalue weighted by Gasteiger charge is 2.14. The Balaban J connectivity index is 0.00000225. The van der Waals surface area contributed by atoms with Crippen molar-refractivity contribution in [2.24, 2.45) is 4.99 Å². The molecule has 0 saturated carbocycles. The van der Waals surface area contributed by atoms with Crippen LogP contribution in [0.4, 0.5) is 0 Å². The van der Waals surface area contributed by atoms with Crippen LogP contribution in [0.1, 0.15) is 24.0 Å². The van der Waals surface area contributed by atoms with E-state index in [0.29, 0.717) is 6.04 Å². The van der Waals surface area contributed by atoms with Crippen molar-refractivity contribution in [3.63, 3.8) is 0 Å². The van der Waals surface area contributed by atoms with Crippen LogP contribution in [0.3, 0.4) is 0 Å². The number of aliphatic imine (C=N–C) groups is 1. The first-order valence-corrected chi connectivity index (χ1v) is 8.84. The van der Waals surface area contributed by atoms with Crippen molar-refractivity contribution < 1.29 is 4.74 Å². The highest BCUT2D eigenvalue weighted by atomic mass is 127. The average molecular weight is 456 g/mol. The second-order valence-electron chi connectivity index (χ2n) is 6.37. The Morgan fingerprint density at radius 2 is 1.84 bits per heavy atom. The monoisotopic (exact) mass is 456 g/mol. The fourth-order valence-corrected chi connectivity index (χ4v) is 3.19. The van der Waals surface area contributed by atoms with Crippen LogP contribution in [-0.4, -0.2) is 50.3 Å². The van der Waals surface area contributed by atoms with Crippen LogP contribution in [0.15, 0.2) is 41.4 Å². The summed E-state index contributed by atoms with van der Waals surface area (Å²) in [5, 5.41) is 6.94. The molecule has 1 saturated heterocycles. The molecule has 1 fully saturated rings. The summed E-state index contributed by atoms with van der Waals surface area (Å²) in [6.07, 6.45) is 6.60. The number of nitrogens with zero attached hydrogens (tertiary/aromatic N) is 2. The molecule has 0 radical (unpaired) electrons. The third-order valence-electron chi connectivity index (χ3n) is 4.63. The number of hydrogen-bond donors (Lipinski definition) is 2. The zero-order valence-electron chi connectivity index (χ0n) is 14.9. The van der Waals surface area contributed by atoms with Crippen LogP contribution < -0.4 is 10.6 Å². The topological polar surface area (TPSA) is 48.9 Å². The van der Waals surface area contributed by atoms with Gasteiger partial charge < -0.3 is 15.4 Å². The Morgan fingerprint density at radius 1 is 1.16 bits per heavy atom. The van der Waals surface area contributed by atoms with E-state index in [2.05, 4.69) is 56.9 Å². The van der Waals surface area contributed by atoms with Gasteiger partial charge in [0, 0.05) is 39.3 Å². The maximum absolute atomic E-state index is 5.44. The lowest BCUT2D eigenvalue weighted by Gasteiger charge is -2.27. The highest BCUT2D eigenvalue weighted by molar-refractivity contribution is 14.0. The SMILES string of the molecule is CN=C(NCc1ccccc1CN1CCOCC1)NC1CC=CC1.I. The van der Waals surface area contributed by atoms with E-state index in [1.807, 2.05) is 7.05 Å². The van der Waals surface area contributed by atoms with Gasteiger partial charge in [-0.1, -0.05) is 36.4 Å². The summed E-state index contributed by atoms with van der Waals surface area (Å²) in [5.41, 5.74) is 2.71. The minimum Gasteiger partial charge on any atom is -0.379 e. The molecule has 0 bridgehead atoms. The van der Waals surface area contributed by atoms with E-state index in [0.717, 1.165) is 58.2 Å². The van der Waals surface area contributed by atoms with Crippen LogP contribution in [0.5, 0.6) is 0 Å². The number of benzene rings is 1. The highest BCUT2D eigenvalue weighted by Crippen LogP contribution is 2.13. The fraction of sp³-hybridized carbons (Fsp3) is 0.526. The molecule has 1 aromatic rings. The van der Waals surface area contributed by atoms with Crippen molar-refractivity contribution >= 4 is 29.9 Å². The molecule has 0 aromatic heterocycles. The van der Waals surface area contributed by atoms with Gasteiger partial charge in [-0.25, -0.2) is 0 Å². The van der Waals surface area contributed by atoms with Crippen molar-refractivity contribution in [2.45, 2.75) is 32.0 Å². The van der Waals surface area contributed by atoms with Crippen molar-refractivity contribution in [1.29, 1.82) is 0 Å². The molecule has 1 aliphatic heterocycles. The maximum Gasteiger partial charge on any atom is 0.191 e. The molecule has 0 unspecified atom stereocenters. The molecule has 2 N–H and O–H groups in total. The van der Waals surface area contributed by atoms with Crippen LogP contribution in [0.25, 0.3) is 0 Å². The molecule has 5 nitrogen and oxygen atoms in total. The van der Waals surface area contributed by atoms with Crippen LogP contribution in [0, 0.1) is 0 Å². The van der Waals surface area contributed by atoms with Crippen molar-refractivity contribution in [3.05, 3.63) is 47.5 Å². The van der Waals surface area contributed by atoms with Crippen molar-refractivity contribution in [1.82, 2.24) is 15.5 Å². The summed E-state index contributed by atoms with van der Waals surface area (Å²) >= 11 is 0. The van der Waals surface area contributed by atoms with Gasteiger partial charge in [-0.05, 0) is 24.0 Å². The van der Waals surface area contributed by atoms with Crippen molar-refractivity contribution in [3.8, 4) is 0 Å². The average Bonchev–Trinajstić information content (AvgIpc) is 3.14. The molecule has 1 aliphatic carbocycles. The molecular formula is C19H29IN4O. The Bertz CT molecular complexity index is 577. The Hall–Kier alpha value is -1.12. The lowest BCUT2D eigenvalue weighted by molar-refractivity contribution is 0.0341. The third kappa shape index (κ3) is 6.27. The third-order valence-corrected chi connectivity index (χ3v) is 4.63. The van der Waals surface area contributed by atoms with E-state index in [4.69, 9.17) is 4.74 Å². The largest absolute Gasteiger partial charge is 0.379 e. The summed E-state index contributed by atoms with van der Waals surface area (Å²) in [6.45, 7) is 5.48. The summed E-state index contributed by atoms with van der Waals surface area (Å²) < 4.78 is 5.44. The van der Waals surface area contributed by atoms with E-state index >= 15 is 0 Å². The molecule has 6 heteroatoms. The smallest absolute Gasteiger partial charge is 0.191 e. The second kappa shape index (κ2) is 10.8. The predicted octanol–water partition coefficient (Wildman–Crippen LogP) is 2.52. The minimum atomic E-state index is 0. The second-order valence-corrected chi connectivity index (χ2v) is 6.37. The first-order valence-electron chi connectivity index (χ1n) is 8.84. The number of guanidine groups is 1. The van der Waals surface area contributed by atoms with Gasteiger partial charge >= 0.3 is 0 Å². The van der Waals surface area contributed by atoms with Crippen LogP contribution >= 0.6 is 24.0 Å². The number of ether oxygens (including phenoxy) is 1. The molecule has 138 valence electrons. The Morgan fingerprint density at radius 3 is 2.52 bits per heavy atom. The molecule has 25 heavy (non-hydrogen) atoms. The van der Waals surface area contributed by atoms with Gasteiger partial charge in [0.2, 0.25) is 0 Å². The first kappa shape index (κ1) is 20.2.